The summed E-state index contributed by atoms with van der Waals surface area (Å²) in [5, 5.41) is 0. The zero-order chi connectivity index (χ0) is 13.8. The van der Waals surface area contributed by atoms with Gasteiger partial charge in [-0.05, 0) is 12.1 Å². The molecular formula is C13H12FNO2S2. The third-order valence-corrected chi connectivity index (χ3v) is 3.96. The van der Waals surface area contributed by atoms with Gasteiger partial charge in [-0.1, -0.05) is 42.2 Å². The molecule has 1 aromatic rings. The average Bonchev–Trinajstić information content (AvgIpc) is 2.65. The third kappa shape index (κ3) is 3.20. The second-order valence-electron chi connectivity index (χ2n) is 3.85. The van der Waals surface area contributed by atoms with Crippen molar-refractivity contribution < 1.29 is 13.9 Å². The van der Waals surface area contributed by atoms with Gasteiger partial charge >= 0.3 is 0 Å². The number of methoxy groups -OCH3 is 1. The standard InChI is InChI=1S/C13H12FNO2S2/c1-17-7-6-15-12(16)11(19-13(15)18)8-9-4-2-3-5-10(9)14/h2-5,8H,6-7H2,1H3/b11-8-. The number of carbonyl (C=O) groups excluding carboxylic acids is 1. The fourth-order valence-electron chi connectivity index (χ4n) is 1.61. The molecule has 0 atom stereocenters. The molecule has 0 aromatic heterocycles. The molecule has 0 spiro atoms. The van der Waals surface area contributed by atoms with Crippen molar-refractivity contribution in [2.45, 2.75) is 0 Å². The van der Waals surface area contributed by atoms with Crippen LogP contribution in [0, 0.1) is 5.82 Å². The topological polar surface area (TPSA) is 29.5 Å². The Kier molecular flexibility index (Phi) is 4.68. The largest absolute Gasteiger partial charge is 0.383 e. The highest BCUT2D eigenvalue weighted by molar-refractivity contribution is 8.26. The number of nitrogens with zero attached hydrogens (tertiary/aromatic N) is 1. The van der Waals surface area contributed by atoms with E-state index in [1.807, 2.05) is 0 Å². The van der Waals surface area contributed by atoms with E-state index in [4.69, 9.17) is 17.0 Å². The van der Waals surface area contributed by atoms with Crippen molar-refractivity contribution in [3.8, 4) is 0 Å². The lowest BCUT2D eigenvalue weighted by Gasteiger charge is -2.12. The predicted octanol–water partition coefficient (Wildman–Crippen LogP) is 2.67. The van der Waals surface area contributed by atoms with Gasteiger partial charge in [0.2, 0.25) is 0 Å². The molecule has 19 heavy (non-hydrogen) atoms. The van der Waals surface area contributed by atoms with Crippen LogP contribution in [0.2, 0.25) is 0 Å². The van der Waals surface area contributed by atoms with E-state index in [9.17, 15) is 9.18 Å². The fourth-order valence-corrected chi connectivity index (χ4v) is 2.91. The number of halogens is 1. The van der Waals surface area contributed by atoms with Crippen LogP contribution in [0.1, 0.15) is 5.56 Å². The molecule has 1 saturated heterocycles. The van der Waals surface area contributed by atoms with Gasteiger partial charge in [-0.2, -0.15) is 0 Å². The van der Waals surface area contributed by atoms with Crippen LogP contribution in [0.3, 0.4) is 0 Å². The van der Waals surface area contributed by atoms with Gasteiger partial charge in [0, 0.05) is 12.7 Å². The van der Waals surface area contributed by atoms with E-state index >= 15 is 0 Å². The van der Waals surface area contributed by atoms with Crippen molar-refractivity contribution in [2.24, 2.45) is 0 Å². The normalized spacial score (nSPS) is 17.6. The van der Waals surface area contributed by atoms with Gasteiger partial charge in [-0.3, -0.25) is 9.69 Å². The van der Waals surface area contributed by atoms with Crippen LogP contribution in [0.25, 0.3) is 6.08 Å². The van der Waals surface area contributed by atoms with Crippen molar-refractivity contribution in [2.75, 3.05) is 20.3 Å². The van der Waals surface area contributed by atoms with Crippen molar-refractivity contribution in [1.82, 2.24) is 4.90 Å². The van der Waals surface area contributed by atoms with Crippen LogP contribution in [0.4, 0.5) is 4.39 Å². The molecular weight excluding hydrogens is 285 g/mol. The van der Waals surface area contributed by atoms with Gasteiger partial charge in [-0.15, -0.1) is 0 Å². The van der Waals surface area contributed by atoms with Gasteiger partial charge in [0.25, 0.3) is 5.91 Å². The molecule has 1 amide bonds. The Labute approximate surface area is 120 Å². The summed E-state index contributed by atoms with van der Waals surface area (Å²) in [7, 11) is 1.56. The van der Waals surface area contributed by atoms with Crippen LogP contribution in [-0.2, 0) is 9.53 Å². The van der Waals surface area contributed by atoms with Crippen LogP contribution in [0.15, 0.2) is 29.2 Å². The first kappa shape index (κ1) is 14.2. The molecule has 3 nitrogen and oxygen atoms in total. The van der Waals surface area contributed by atoms with Gasteiger partial charge in [0.1, 0.15) is 10.1 Å². The Bertz CT molecular complexity index is 545. The Balaban J connectivity index is 2.21. The molecule has 0 aliphatic carbocycles. The van der Waals surface area contributed by atoms with E-state index in [0.717, 1.165) is 0 Å². The SMILES string of the molecule is COCCN1C(=O)/C(=C/c2ccccc2F)SC1=S. The van der Waals surface area contributed by atoms with E-state index in [-0.39, 0.29) is 11.7 Å². The van der Waals surface area contributed by atoms with Gasteiger partial charge in [0.15, 0.2) is 0 Å². The Morgan fingerprint density at radius 2 is 2.21 bits per heavy atom. The summed E-state index contributed by atoms with van der Waals surface area (Å²) in [4.78, 5) is 14.0. The highest BCUT2D eigenvalue weighted by Crippen LogP contribution is 2.32. The third-order valence-electron chi connectivity index (χ3n) is 2.58. The quantitative estimate of drug-likeness (QED) is 0.631. The van der Waals surface area contributed by atoms with E-state index in [0.29, 0.717) is 27.9 Å². The summed E-state index contributed by atoms with van der Waals surface area (Å²) in [6.45, 7) is 0.829. The zero-order valence-corrected chi connectivity index (χ0v) is 11.9. The van der Waals surface area contributed by atoms with Gasteiger partial charge in [0.05, 0.1) is 18.1 Å². The van der Waals surface area contributed by atoms with Crippen molar-refractivity contribution in [3.63, 3.8) is 0 Å². The summed E-state index contributed by atoms with van der Waals surface area (Å²) in [5.74, 6) is -0.556. The first-order valence-electron chi connectivity index (χ1n) is 5.62. The van der Waals surface area contributed by atoms with Crippen molar-refractivity contribution in [1.29, 1.82) is 0 Å². The lowest BCUT2D eigenvalue weighted by molar-refractivity contribution is -0.122. The minimum Gasteiger partial charge on any atom is -0.383 e. The summed E-state index contributed by atoms with van der Waals surface area (Å²) in [5.41, 5.74) is 0.384. The monoisotopic (exact) mass is 297 g/mol. The lowest BCUT2D eigenvalue weighted by Crippen LogP contribution is -2.31. The number of benzene rings is 1. The van der Waals surface area contributed by atoms with Crippen molar-refractivity contribution in [3.05, 3.63) is 40.6 Å². The minimum absolute atomic E-state index is 0.199. The van der Waals surface area contributed by atoms with E-state index in [2.05, 4.69) is 0 Å². The molecule has 2 rings (SSSR count). The van der Waals surface area contributed by atoms with Crippen LogP contribution in [0.5, 0.6) is 0 Å². The Morgan fingerprint density at radius 3 is 2.89 bits per heavy atom. The second kappa shape index (κ2) is 6.27. The van der Waals surface area contributed by atoms with Gasteiger partial charge < -0.3 is 4.74 Å². The summed E-state index contributed by atoms with van der Waals surface area (Å²) < 4.78 is 18.9. The predicted molar refractivity (Wildman–Crippen MR) is 78.2 cm³/mol. The molecule has 1 aliphatic rings. The average molecular weight is 297 g/mol. The number of amides is 1. The molecule has 1 aliphatic heterocycles. The lowest BCUT2D eigenvalue weighted by atomic mass is 10.2. The maximum atomic E-state index is 13.5. The number of hydrogen-bond acceptors (Lipinski definition) is 4. The maximum absolute atomic E-state index is 13.5. The number of hydrogen-bond donors (Lipinski definition) is 0. The maximum Gasteiger partial charge on any atom is 0.266 e. The molecule has 0 bridgehead atoms. The smallest absolute Gasteiger partial charge is 0.266 e. The van der Waals surface area contributed by atoms with E-state index in [1.165, 1.54) is 28.8 Å². The minimum atomic E-state index is -0.357. The van der Waals surface area contributed by atoms with Crippen LogP contribution in [-0.4, -0.2) is 35.4 Å². The van der Waals surface area contributed by atoms with Crippen LogP contribution < -0.4 is 0 Å². The summed E-state index contributed by atoms with van der Waals surface area (Å²) >= 11 is 6.32. The molecule has 0 unspecified atom stereocenters. The highest BCUT2D eigenvalue weighted by Gasteiger charge is 2.31. The van der Waals surface area contributed by atoms with Crippen molar-refractivity contribution >= 4 is 40.3 Å². The first-order chi connectivity index (χ1) is 9.13. The number of thioether (sulfide) groups is 1. The van der Waals surface area contributed by atoms with E-state index in [1.54, 1.807) is 25.3 Å². The van der Waals surface area contributed by atoms with Crippen LogP contribution >= 0.6 is 24.0 Å². The Hall–Kier alpha value is -1.24. The molecule has 100 valence electrons. The number of thiocarbonyl (C=S) groups is 1. The molecule has 0 saturated carbocycles. The number of rotatable bonds is 4. The highest BCUT2D eigenvalue weighted by atomic mass is 32.2. The second-order valence-corrected chi connectivity index (χ2v) is 5.52. The molecule has 1 fully saturated rings. The molecule has 6 heteroatoms. The zero-order valence-electron chi connectivity index (χ0n) is 10.3. The molecule has 0 N–H and O–H groups in total. The number of carbonyl (C=O) groups is 1. The molecule has 0 radical (unpaired) electrons. The first-order valence-corrected chi connectivity index (χ1v) is 6.85. The Morgan fingerprint density at radius 1 is 1.47 bits per heavy atom. The molecule has 1 heterocycles. The molecule has 1 aromatic carbocycles. The summed E-state index contributed by atoms with van der Waals surface area (Å²) in [6, 6.07) is 6.31. The number of ether oxygens (including phenoxy) is 1. The van der Waals surface area contributed by atoms with Gasteiger partial charge in [-0.25, -0.2) is 4.39 Å². The summed E-state index contributed by atoms with van der Waals surface area (Å²) in [6.07, 6.45) is 1.53. The van der Waals surface area contributed by atoms with E-state index < -0.39 is 0 Å². The fraction of sp³-hybridized carbons (Fsp3) is 0.231.